The molecule has 0 saturated carbocycles. The van der Waals surface area contributed by atoms with Gasteiger partial charge in [0.15, 0.2) is 0 Å². The van der Waals surface area contributed by atoms with Gasteiger partial charge in [-0.05, 0) is 62.6 Å². The number of rotatable bonds is 6. The second-order valence-electron chi connectivity index (χ2n) is 7.05. The lowest BCUT2D eigenvalue weighted by Gasteiger charge is -2.40. The van der Waals surface area contributed by atoms with E-state index in [2.05, 4.69) is 36.7 Å². The summed E-state index contributed by atoms with van der Waals surface area (Å²) >= 11 is 0. The summed E-state index contributed by atoms with van der Waals surface area (Å²) in [5.41, 5.74) is 2.89. The topological polar surface area (TPSA) is 33.2 Å². The molecular formula is C19H28N2O. The predicted octanol–water partition coefficient (Wildman–Crippen LogP) is 4.00. The van der Waals surface area contributed by atoms with Gasteiger partial charge in [-0.15, -0.1) is 0 Å². The molecule has 120 valence electrons. The fraction of sp³-hybridized carbons (Fsp3) is 0.579. The van der Waals surface area contributed by atoms with Crippen LogP contribution in [0, 0.1) is 5.41 Å². The van der Waals surface area contributed by atoms with Gasteiger partial charge in [-0.1, -0.05) is 18.6 Å². The normalized spacial score (nSPS) is 21.8. The van der Waals surface area contributed by atoms with Gasteiger partial charge in [0, 0.05) is 31.9 Å². The Morgan fingerprint density at radius 3 is 2.77 bits per heavy atom. The quantitative estimate of drug-likeness (QED) is 0.744. The zero-order valence-electron chi connectivity index (χ0n) is 14.1. The van der Waals surface area contributed by atoms with Crippen molar-refractivity contribution in [1.29, 1.82) is 0 Å². The molecule has 2 heterocycles. The monoisotopic (exact) mass is 300 g/mol. The number of carbonyl (C=O) groups is 1. The molecule has 0 spiro atoms. The standard InChI is InChI=1S/C19H28N2O/c1-16(2)5-4-10-19(3)11-6-18(22)21(15-19)14-9-17-7-12-20-13-8-17/h5,7-8,12-13H,4,6,9-11,14-15H2,1-3H3/t19-/m1/s1. The van der Waals surface area contributed by atoms with Crippen LogP contribution in [0.5, 0.6) is 0 Å². The Kier molecular flexibility index (Phi) is 5.76. The highest BCUT2D eigenvalue weighted by atomic mass is 16.2. The van der Waals surface area contributed by atoms with Gasteiger partial charge in [-0.25, -0.2) is 0 Å². The van der Waals surface area contributed by atoms with Crippen molar-refractivity contribution in [2.75, 3.05) is 13.1 Å². The highest BCUT2D eigenvalue weighted by molar-refractivity contribution is 5.77. The highest BCUT2D eigenvalue weighted by Gasteiger charge is 2.33. The van der Waals surface area contributed by atoms with Crippen molar-refractivity contribution in [3.63, 3.8) is 0 Å². The predicted molar refractivity (Wildman–Crippen MR) is 90.5 cm³/mol. The van der Waals surface area contributed by atoms with Gasteiger partial charge < -0.3 is 4.90 Å². The van der Waals surface area contributed by atoms with E-state index in [0.717, 1.165) is 38.8 Å². The summed E-state index contributed by atoms with van der Waals surface area (Å²) in [5.74, 6) is 0.314. The van der Waals surface area contributed by atoms with Crippen molar-refractivity contribution in [2.24, 2.45) is 5.41 Å². The van der Waals surface area contributed by atoms with Crippen LogP contribution in [0.3, 0.4) is 0 Å². The molecule has 0 N–H and O–H groups in total. The minimum Gasteiger partial charge on any atom is -0.342 e. The Bertz CT molecular complexity index is 519. The smallest absolute Gasteiger partial charge is 0.222 e. The maximum atomic E-state index is 12.2. The fourth-order valence-corrected chi connectivity index (χ4v) is 3.13. The minimum absolute atomic E-state index is 0.262. The Hall–Kier alpha value is -1.64. The second-order valence-corrected chi connectivity index (χ2v) is 7.05. The molecule has 22 heavy (non-hydrogen) atoms. The van der Waals surface area contributed by atoms with Gasteiger partial charge in [-0.2, -0.15) is 0 Å². The maximum Gasteiger partial charge on any atom is 0.222 e. The molecule has 1 atom stereocenters. The molecule has 0 radical (unpaired) electrons. The van der Waals surface area contributed by atoms with E-state index < -0.39 is 0 Å². The lowest BCUT2D eigenvalue weighted by Crippen LogP contribution is -2.45. The number of piperidine rings is 1. The molecule has 0 aliphatic carbocycles. The highest BCUT2D eigenvalue weighted by Crippen LogP contribution is 2.34. The number of hydrogen-bond acceptors (Lipinski definition) is 2. The third kappa shape index (κ3) is 4.97. The van der Waals surface area contributed by atoms with Gasteiger partial charge in [0.25, 0.3) is 0 Å². The summed E-state index contributed by atoms with van der Waals surface area (Å²) in [5, 5.41) is 0. The van der Waals surface area contributed by atoms with Crippen molar-refractivity contribution in [2.45, 2.75) is 52.9 Å². The van der Waals surface area contributed by atoms with E-state index in [0.29, 0.717) is 12.3 Å². The van der Waals surface area contributed by atoms with E-state index in [9.17, 15) is 4.79 Å². The van der Waals surface area contributed by atoms with Crippen LogP contribution in [0.4, 0.5) is 0 Å². The number of pyridine rings is 1. The van der Waals surface area contributed by atoms with Crippen LogP contribution in [0.2, 0.25) is 0 Å². The summed E-state index contributed by atoms with van der Waals surface area (Å²) in [6, 6.07) is 4.06. The molecule has 1 saturated heterocycles. The summed E-state index contributed by atoms with van der Waals surface area (Å²) in [7, 11) is 0. The van der Waals surface area contributed by atoms with E-state index in [1.54, 1.807) is 0 Å². The van der Waals surface area contributed by atoms with E-state index in [4.69, 9.17) is 0 Å². The van der Waals surface area contributed by atoms with E-state index in [-0.39, 0.29) is 5.41 Å². The van der Waals surface area contributed by atoms with Crippen LogP contribution < -0.4 is 0 Å². The molecule has 2 rings (SSSR count). The van der Waals surface area contributed by atoms with Crippen molar-refractivity contribution in [3.8, 4) is 0 Å². The zero-order chi connectivity index (χ0) is 16.0. The van der Waals surface area contributed by atoms with Gasteiger partial charge in [0.2, 0.25) is 5.91 Å². The van der Waals surface area contributed by atoms with Gasteiger partial charge in [0.05, 0.1) is 0 Å². The first-order chi connectivity index (χ1) is 10.5. The third-order valence-corrected chi connectivity index (χ3v) is 4.59. The lowest BCUT2D eigenvalue weighted by molar-refractivity contribution is -0.137. The molecule has 0 aromatic carbocycles. The van der Waals surface area contributed by atoms with Crippen LogP contribution in [0.1, 0.15) is 52.0 Å². The molecule has 3 heteroatoms. The number of allylic oxidation sites excluding steroid dienone is 2. The number of aromatic nitrogens is 1. The molecule has 3 nitrogen and oxygen atoms in total. The molecule has 1 aromatic rings. The van der Waals surface area contributed by atoms with Gasteiger partial charge in [-0.3, -0.25) is 9.78 Å². The molecule has 1 aromatic heterocycles. The summed E-state index contributed by atoms with van der Waals surface area (Å²) in [6.07, 6.45) is 10.9. The van der Waals surface area contributed by atoms with Crippen LogP contribution in [0.15, 0.2) is 36.2 Å². The number of carbonyl (C=O) groups excluding carboxylic acids is 1. The van der Waals surface area contributed by atoms with Gasteiger partial charge in [0.1, 0.15) is 0 Å². The SMILES string of the molecule is CC(C)=CCC[C@]1(C)CCC(=O)N(CCc2ccncc2)C1. The van der Waals surface area contributed by atoms with Crippen LogP contribution in [0.25, 0.3) is 0 Å². The summed E-state index contributed by atoms with van der Waals surface area (Å²) < 4.78 is 0. The zero-order valence-corrected chi connectivity index (χ0v) is 14.1. The van der Waals surface area contributed by atoms with Crippen molar-refractivity contribution >= 4 is 5.91 Å². The maximum absolute atomic E-state index is 12.2. The Morgan fingerprint density at radius 2 is 2.09 bits per heavy atom. The first kappa shape index (κ1) is 16.7. The molecule has 1 aliphatic heterocycles. The third-order valence-electron chi connectivity index (χ3n) is 4.59. The molecule has 0 unspecified atom stereocenters. The van der Waals surface area contributed by atoms with Gasteiger partial charge >= 0.3 is 0 Å². The lowest BCUT2D eigenvalue weighted by atomic mass is 9.77. The number of nitrogens with zero attached hydrogens (tertiary/aromatic N) is 2. The van der Waals surface area contributed by atoms with Crippen molar-refractivity contribution in [1.82, 2.24) is 9.88 Å². The number of amides is 1. The summed E-state index contributed by atoms with van der Waals surface area (Å²) in [4.78, 5) is 18.3. The minimum atomic E-state index is 0.262. The van der Waals surface area contributed by atoms with Crippen LogP contribution in [-0.2, 0) is 11.2 Å². The molecule has 0 bridgehead atoms. The molecule has 1 fully saturated rings. The first-order valence-corrected chi connectivity index (χ1v) is 8.29. The number of hydrogen-bond donors (Lipinski definition) is 0. The Balaban J connectivity index is 1.90. The molecule has 1 aliphatic rings. The van der Waals surface area contributed by atoms with E-state index in [1.807, 2.05) is 24.5 Å². The fourth-order valence-electron chi connectivity index (χ4n) is 3.13. The van der Waals surface area contributed by atoms with E-state index >= 15 is 0 Å². The molecular weight excluding hydrogens is 272 g/mol. The number of likely N-dealkylation sites (tertiary alicyclic amines) is 1. The van der Waals surface area contributed by atoms with Crippen molar-refractivity contribution < 1.29 is 4.79 Å². The summed E-state index contributed by atoms with van der Waals surface area (Å²) in [6.45, 7) is 8.34. The Labute approximate surface area is 134 Å². The first-order valence-electron chi connectivity index (χ1n) is 8.29. The van der Waals surface area contributed by atoms with Crippen molar-refractivity contribution in [3.05, 3.63) is 41.7 Å². The molecule has 1 amide bonds. The van der Waals surface area contributed by atoms with E-state index in [1.165, 1.54) is 11.1 Å². The largest absolute Gasteiger partial charge is 0.342 e. The Morgan fingerprint density at radius 1 is 1.36 bits per heavy atom. The second kappa shape index (κ2) is 7.57. The average molecular weight is 300 g/mol. The van der Waals surface area contributed by atoms with Crippen LogP contribution in [-0.4, -0.2) is 28.9 Å². The average Bonchev–Trinajstić information content (AvgIpc) is 2.49. The van der Waals surface area contributed by atoms with Crippen LogP contribution >= 0.6 is 0 Å².